The maximum Gasteiger partial charge on any atom is 0.325 e. The largest absolute Gasteiger partial charge is 0.490 e. The highest BCUT2D eigenvalue weighted by molar-refractivity contribution is 5.83. The van der Waals surface area contributed by atoms with E-state index in [9.17, 15) is 4.79 Å². The van der Waals surface area contributed by atoms with Crippen LogP contribution >= 0.6 is 0 Å². The molecule has 3 aromatic rings. The summed E-state index contributed by atoms with van der Waals surface area (Å²) in [7, 11) is 0. The molecule has 0 aliphatic carbocycles. The van der Waals surface area contributed by atoms with Gasteiger partial charge in [0.1, 0.15) is 30.8 Å². The molecular weight excluding hydrogens is 318 g/mol. The van der Waals surface area contributed by atoms with Gasteiger partial charge in [-0.15, -0.1) is 0 Å². The highest BCUT2D eigenvalue weighted by Crippen LogP contribution is 2.21. The highest BCUT2D eigenvalue weighted by atomic mass is 16.5. The van der Waals surface area contributed by atoms with Crippen molar-refractivity contribution < 1.29 is 19.4 Å². The van der Waals surface area contributed by atoms with Crippen LogP contribution in [0.5, 0.6) is 11.5 Å². The van der Waals surface area contributed by atoms with Crippen molar-refractivity contribution in [2.24, 2.45) is 5.73 Å². The van der Waals surface area contributed by atoms with E-state index >= 15 is 0 Å². The Morgan fingerprint density at radius 2 is 1.48 bits per heavy atom. The number of hydrogen-bond donors (Lipinski definition) is 2. The Hall–Kier alpha value is -3.05. The fourth-order valence-electron chi connectivity index (χ4n) is 2.49. The molecule has 128 valence electrons. The standard InChI is InChI=1S/C20H19NO4/c21-19(20(22)23)15-6-8-17(9-7-15)24-11-12-25-18-10-5-14-3-1-2-4-16(14)13-18/h1-10,13,19H,11-12,21H2,(H,22,23). The van der Waals surface area contributed by atoms with Gasteiger partial charge in [0.2, 0.25) is 0 Å². The second-order valence-electron chi connectivity index (χ2n) is 5.59. The van der Waals surface area contributed by atoms with Crippen molar-refractivity contribution in [2.75, 3.05) is 13.2 Å². The summed E-state index contributed by atoms with van der Waals surface area (Å²) >= 11 is 0. The van der Waals surface area contributed by atoms with Gasteiger partial charge in [-0.25, -0.2) is 0 Å². The number of carbonyl (C=O) groups is 1. The molecule has 1 atom stereocenters. The molecule has 0 radical (unpaired) electrons. The molecule has 3 rings (SSSR count). The molecule has 1 unspecified atom stereocenters. The Bertz CT molecular complexity index is 861. The average molecular weight is 337 g/mol. The van der Waals surface area contributed by atoms with Crippen molar-refractivity contribution in [1.82, 2.24) is 0 Å². The molecule has 3 aromatic carbocycles. The number of carboxylic acid groups (broad SMARTS) is 1. The molecule has 0 aliphatic heterocycles. The highest BCUT2D eigenvalue weighted by Gasteiger charge is 2.13. The van der Waals surface area contributed by atoms with Gasteiger partial charge in [-0.2, -0.15) is 0 Å². The quantitative estimate of drug-likeness (QED) is 0.646. The van der Waals surface area contributed by atoms with Gasteiger partial charge in [-0.05, 0) is 40.6 Å². The summed E-state index contributed by atoms with van der Waals surface area (Å²) in [6, 6.07) is 19.7. The molecule has 0 fully saturated rings. The number of hydrogen-bond acceptors (Lipinski definition) is 4. The van der Waals surface area contributed by atoms with Crippen LogP contribution in [0.15, 0.2) is 66.7 Å². The van der Waals surface area contributed by atoms with Gasteiger partial charge >= 0.3 is 5.97 Å². The van der Waals surface area contributed by atoms with E-state index in [1.807, 2.05) is 36.4 Å². The predicted octanol–water partition coefficient (Wildman–Crippen LogP) is 3.38. The molecule has 0 spiro atoms. The third kappa shape index (κ3) is 4.28. The predicted molar refractivity (Wildman–Crippen MR) is 95.9 cm³/mol. The van der Waals surface area contributed by atoms with Crippen molar-refractivity contribution >= 4 is 16.7 Å². The third-order valence-corrected chi connectivity index (χ3v) is 3.85. The molecule has 0 amide bonds. The second kappa shape index (κ2) is 7.68. The van der Waals surface area contributed by atoms with Crippen molar-refractivity contribution in [3.05, 3.63) is 72.3 Å². The van der Waals surface area contributed by atoms with Gasteiger partial charge in [-0.3, -0.25) is 4.79 Å². The summed E-state index contributed by atoms with van der Waals surface area (Å²) < 4.78 is 11.3. The zero-order valence-electron chi connectivity index (χ0n) is 13.6. The van der Waals surface area contributed by atoms with Gasteiger partial charge in [-0.1, -0.05) is 42.5 Å². The van der Waals surface area contributed by atoms with Crippen LogP contribution in [0.2, 0.25) is 0 Å². The lowest BCUT2D eigenvalue weighted by Gasteiger charge is -2.10. The van der Waals surface area contributed by atoms with Crippen LogP contribution in [0.4, 0.5) is 0 Å². The summed E-state index contributed by atoms with van der Waals surface area (Å²) in [5.74, 6) is 0.381. The Morgan fingerprint density at radius 3 is 2.16 bits per heavy atom. The summed E-state index contributed by atoms with van der Waals surface area (Å²) in [4.78, 5) is 10.8. The lowest BCUT2D eigenvalue weighted by Crippen LogP contribution is -2.20. The molecule has 25 heavy (non-hydrogen) atoms. The zero-order valence-corrected chi connectivity index (χ0v) is 13.6. The first-order valence-electron chi connectivity index (χ1n) is 7.96. The normalized spacial score (nSPS) is 11.9. The first-order chi connectivity index (χ1) is 12.1. The van der Waals surface area contributed by atoms with Crippen LogP contribution in [-0.4, -0.2) is 24.3 Å². The first-order valence-corrected chi connectivity index (χ1v) is 7.96. The van der Waals surface area contributed by atoms with Gasteiger partial charge in [0.05, 0.1) is 0 Å². The average Bonchev–Trinajstić information content (AvgIpc) is 2.65. The Labute approximate surface area is 145 Å². The number of fused-ring (bicyclic) bond motifs is 1. The van der Waals surface area contributed by atoms with E-state index in [1.54, 1.807) is 24.3 Å². The summed E-state index contributed by atoms with van der Waals surface area (Å²) in [5, 5.41) is 11.2. The van der Waals surface area contributed by atoms with Gasteiger partial charge in [0.25, 0.3) is 0 Å². The molecule has 0 bridgehead atoms. The topological polar surface area (TPSA) is 81.8 Å². The van der Waals surface area contributed by atoms with Crippen molar-refractivity contribution in [3.63, 3.8) is 0 Å². The summed E-state index contributed by atoms with van der Waals surface area (Å²) in [6.07, 6.45) is 0. The molecule has 3 N–H and O–H groups in total. The van der Waals surface area contributed by atoms with Crippen LogP contribution in [0.25, 0.3) is 10.8 Å². The number of nitrogens with two attached hydrogens (primary N) is 1. The molecule has 0 heterocycles. The minimum Gasteiger partial charge on any atom is -0.490 e. The molecule has 0 aliphatic rings. The molecule has 0 saturated heterocycles. The molecule has 5 heteroatoms. The maximum absolute atomic E-state index is 10.8. The number of benzene rings is 3. The van der Waals surface area contributed by atoms with Crippen molar-refractivity contribution in [3.8, 4) is 11.5 Å². The van der Waals surface area contributed by atoms with E-state index in [4.69, 9.17) is 20.3 Å². The van der Waals surface area contributed by atoms with E-state index in [1.165, 1.54) is 5.39 Å². The molecular formula is C20H19NO4. The maximum atomic E-state index is 10.8. The van der Waals surface area contributed by atoms with Gasteiger partial charge in [0.15, 0.2) is 0 Å². The van der Waals surface area contributed by atoms with Crippen LogP contribution in [0, 0.1) is 0 Å². The van der Waals surface area contributed by atoms with Crippen LogP contribution < -0.4 is 15.2 Å². The van der Waals surface area contributed by atoms with E-state index in [0.717, 1.165) is 11.1 Å². The summed E-state index contributed by atoms with van der Waals surface area (Å²) in [6.45, 7) is 0.798. The number of aliphatic carboxylic acids is 1. The number of carboxylic acids is 1. The smallest absolute Gasteiger partial charge is 0.325 e. The molecule has 0 saturated carbocycles. The lowest BCUT2D eigenvalue weighted by molar-refractivity contribution is -0.138. The molecule has 5 nitrogen and oxygen atoms in total. The Morgan fingerprint density at radius 1 is 0.880 bits per heavy atom. The Balaban J connectivity index is 1.50. The van der Waals surface area contributed by atoms with Crippen molar-refractivity contribution in [2.45, 2.75) is 6.04 Å². The first kappa shape index (κ1) is 16.8. The fourth-order valence-corrected chi connectivity index (χ4v) is 2.49. The van der Waals surface area contributed by atoms with Gasteiger partial charge in [0, 0.05) is 0 Å². The molecule has 0 aromatic heterocycles. The van der Waals surface area contributed by atoms with Crippen LogP contribution in [0.3, 0.4) is 0 Å². The number of rotatable bonds is 7. The van der Waals surface area contributed by atoms with E-state index in [0.29, 0.717) is 24.5 Å². The summed E-state index contributed by atoms with van der Waals surface area (Å²) in [5.41, 5.74) is 6.09. The van der Waals surface area contributed by atoms with Crippen LogP contribution in [0.1, 0.15) is 11.6 Å². The number of ether oxygens (including phenoxy) is 2. The second-order valence-corrected chi connectivity index (χ2v) is 5.59. The third-order valence-electron chi connectivity index (χ3n) is 3.85. The SMILES string of the molecule is NC(C(=O)O)c1ccc(OCCOc2ccc3ccccc3c2)cc1. The van der Waals surface area contributed by atoms with Crippen LogP contribution in [-0.2, 0) is 4.79 Å². The lowest BCUT2D eigenvalue weighted by atomic mass is 10.1. The van der Waals surface area contributed by atoms with E-state index < -0.39 is 12.0 Å². The zero-order chi connectivity index (χ0) is 17.6. The van der Waals surface area contributed by atoms with E-state index in [2.05, 4.69) is 6.07 Å². The van der Waals surface area contributed by atoms with Crippen molar-refractivity contribution in [1.29, 1.82) is 0 Å². The Kier molecular flexibility index (Phi) is 5.16. The fraction of sp³-hybridized carbons (Fsp3) is 0.150. The minimum atomic E-state index is -1.06. The monoisotopic (exact) mass is 337 g/mol. The van der Waals surface area contributed by atoms with Gasteiger partial charge < -0.3 is 20.3 Å². The minimum absolute atomic E-state index is 0.386. The van der Waals surface area contributed by atoms with E-state index in [-0.39, 0.29) is 0 Å².